The molecule has 0 spiro atoms. The van der Waals surface area contributed by atoms with Crippen LogP contribution in [0.25, 0.3) is 16.7 Å². The predicted molar refractivity (Wildman–Crippen MR) is 95.5 cm³/mol. The Labute approximate surface area is 139 Å². The molecular formula is C20H15N3O. The van der Waals surface area contributed by atoms with E-state index < -0.39 is 0 Å². The number of fused-ring (bicyclic) bond motifs is 1. The fourth-order valence-corrected chi connectivity index (χ4v) is 2.69. The highest BCUT2D eigenvalue weighted by Gasteiger charge is 2.07. The molecule has 0 bridgehead atoms. The molecule has 0 aliphatic heterocycles. The molecule has 4 nitrogen and oxygen atoms in total. The lowest BCUT2D eigenvalue weighted by Gasteiger charge is -2.09. The van der Waals surface area contributed by atoms with Gasteiger partial charge in [0.15, 0.2) is 0 Å². The van der Waals surface area contributed by atoms with Crippen molar-refractivity contribution < 1.29 is 4.79 Å². The van der Waals surface area contributed by atoms with Crippen molar-refractivity contribution in [2.24, 2.45) is 0 Å². The number of hydrogen-bond acceptors (Lipinski definition) is 2. The van der Waals surface area contributed by atoms with Gasteiger partial charge in [-0.05, 0) is 42.5 Å². The molecule has 0 unspecified atom stereocenters. The number of nitrogens with zero attached hydrogens (tertiary/aromatic N) is 2. The standard InChI is InChI=1S/C20H15N3O/c24-20(15-7-2-1-3-8-15)22-16-9-6-10-17(13-16)23-14-21-18-11-4-5-12-19(18)23/h1-14H,(H,22,24). The van der Waals surface area contributed by atoms with Crippen LogP contribution in [0.1, 0.15) is 10.4 Å². The van der Waals surface area contributed by atoms with E-state index in [4.69, 9.17) is 0 Å². The normalized spacial score (nSPS) is 10.7. The highest BCUT2D eigenvalue weighted by molar-refractivity contribution is 6.04. The van der Waals surface area contributed by atoms with Gasteiger partial charge in [0, 0.05) is 16.9 Å². The van der Waals surface area contributed by atoms with Gasteiger partial charge in [-0.15, -0.1) is 0 Å². The van der Waals surface area contributed by atoms with Gasteiger partial charge in [0.05, 0.1) is 11.0 Å². The molecule has 1 heterocycles. The first-order valence-corrected chi connectivity index (χ1v) is 7.70. The van der Waals surface area contributed by atoms with Crippen LogP contribution in [0.3, 0.4) is 0 Å². The van der Waals surface area contributed by atoms with Gasteiger partial charge >= 0.3 is 0 Å². The van der Waals surface area contributed by atoms with Gasteiger partial charge in [-0.1, -0.05) is 36.4 Å². The maximum Gasteiger partial charge on any atom is 0.255 e. The van der Waals surface area contributed by atoms with Crippen LogP contribution in [0.4, 0.5) is 5.69 Å². The molecule has 0 aliphatic rings. The second-order valence-corrected chi connectivity index (χ2v) is 5.47. The fraction of sp³-hybridized carbons (Fsp3) is 0. The number of aromatic nitrogens is 2. The van der Waals surface area contributed by atoms with Crippen LogP contribution < -0.4 is 5.32 Å². The van der Waals surface area contributed by atoms with E-state index in [0.717, 1.165) is 22.4 Å². The number of imidazole rings is 1. The summed E-state index contributed by atoms with van der Waals surface area (Å²) >= 11 is 0. The fourth-order valence-electron chi connectivity index (χ4n) is 2.69. The molecule has 0 saturated carbocycles. The average molecular weight is 313 g/mol. The van der Waals surface area contributed by atoms with E-state index in [0.29, 0.717) is 5.56 Å². The van der Waals surface area contributed by atoms with E-state index >= 15 is 0 Å². The van der Waals surface area contributed by atoms with Gasteiger partial charge in [-0.3, -0.25) is 9.36 Å². The second kappa shape index (κ2) is 6.01. The molecule has 116 valence electrons. The van der Waals surface area contributed by atoms with E-state index in [1.807, 2.05) is 71.3 Å². The third kappa shape index (κ3) is 2.65. The summed E-state index contributed by atoms with van der Waals surface area (Å²) in [6, 6.07) is 24.9. The Kier molecular flexibility index (Phi) is 3.56. The first-order chi connectivity index (χ1) is 11.8. The Morgan fingerprint density at radius 2 is 1.67 bits per heavy atom. The first-order valence-electron chi connectivity index (χ1n) is 7.70. The van der Waals surface area contributed by atoms with Crippen LogP contribution in [0, 0.1) is 0 Å². The molecule has 4 aromatic rings. The lowest BCUT2D eigenvalue weighted by Crippen LogP contribution is -2.11. The zero-order valence-electron chi connectivity index (χ0n) is 12.9. The van der Waals surface area contributed by atoms with Crippen molar-refractivity contribution in [2.45, 2.75) is 0 Å². The van der Waals surface area contributed by atoms with Crippen LogP contribution in [0.15, 0.2) is 85.2 Å². The number of para-hydroxylation sites is 2. The average Bonchev–Trinajstić information content (AvgIpc) is 3.07. The molecule has 4 heteroatoms. The van der Waals surface area contributed by atoms with E-state index in [9.17, 15) is 4.79 Å². The summed E-state index contributed by atoms with van der Waals surface area (Å²) < 4.78 is 2.01. The van der Waals surface area contributed by atoms with Crippen molar-refractivity contribution in [1.29, 1.82) is 0 Å². The van der Waals surface area contributed by atoms with Crippen LogP contribution in [-0.4, -0.2) is 15.5 Å². The summed E-state index contributed by atoms with van der Waals surface area (Å²) in [5.74, 6) is -0.122. The Hall–Kier alpha value is -3.40. The van der Waals surface area contributed by atoms with Crippen molar-refractivity contribution in [3.05, 3.63) is 90.8 Å². The summed E-state index contributed by atoms with van der Waals surface area (Å²) in [4.78, 5) is 16.7. The van der Waals surface area contributed by atoms with Crippen molar-refractivity contribution in [2.75, 3.05) is 5.32 Å². The van der Waals surface area contributed by atoms with Gasteiger partial charge in [0.1, 0.15) is 6.33 Å². The molecule has 24 heavy (non-hydrogen) atoms. The molecular weight excluding hydrogens is 298 g/mol. The monoisotopic (exact) mass is 313 g/mol. The van der Waals surface area contributed by atoms with Gasteiger partial charge in [0.2, 0.25) is 0 Å². The number of carbonyl (C=O) groups is 1. The number of nitrogens with one attached hydrogen (secondary N) is 1. The number of anilines is 1. The Bertz CT molecular complexity index is 1010. The summed E-state index contributed by atoms with van der Waals surface area (Å²) in [6.45, 7) is 0. The maximum absolute atomic E-state index is 12.3. The SMILES string of the molecule is O=C(Nc1cccc(-n2cnc3ccccc32)c1)c1ccccc1. The Morgan fingerprint density at radius 3 is 2.54 bits per heavy atom. The first kappa shape index (κ1) is 14.2. The van der Waals surface area contributed by atoms with Crippen molar-refractivity contribution in [1.82, 2.24) is 9.55 Å². The minimum absolute atomic E-state index is 0.122. The third-order valence-electron chi connectivity index (χ3n) is 3.87. The third-order valence-corrected chi connectivity index (χ3v) is 3.87. The second-order valence-electron chi connectivity index (χ2n) is 5.47. The zero-order chi connectivity index (χ0) is 16.4. The van der Waals surface area contributed by atoms with Crippen LogP contribution in [-0.2, 0) is 0 Å². The highest BCUT2D eigenvalue weighted by atomic mass is 16.1. The smallest absolute Gasteiger partial charge is 0.255 e. The minimum atomic E-state index is -0.122. The molecule has 1 N–H and O–H groups in total. The Balaban J connectivity index is 1.66. The molecule has 1 amide bonds. The molecule has 0 fully saturated rings. The van der Waals surface area contributed by atoms with Crippen molar-refractivity contribution in [3.63, 3.8) is 0 Å². The van der Waals surface area contributed by atoms with E-state index in [1.54, 1.807) is 18.5 Å². The van der Waals surface area contributed by atoms with Gasteiger partial charge in [-0.2, -0.15) is 0 Å². The van der Waals surface area contributed by atoms with E-state index in [-0.39, 0.29) is 5.91 Å². The molecule has 0 radical (unpaired) electrons. The number of amides is 1. The molecule has 4 rings (SSSR count). The Morgan fingerprint density at radius 1 is 0.875 bits per heavy atom. The largest absolute Gasteiger partial charge is 0.322 e. The van der Waals surface area contributed by atoms with Crippen LogP contribution in [0.2, 0.25) is 0 Å². The zero-order valence-corrected chi connectivity index (χ0v) is 12.9. The van der Waals surface area contributed by atoms with Crippen LogP contribution in [0.5, 0.6) is 0 Å². The maximum atomic E-state index is 12.3. The van der Waals surface area contributed by atoms with Crippen molar-refractivity contribution >= 4 is 22.6 Å². The van der Waals surface area contributed by atoms with E-state index in [1.165, 1.54) is 0 Å². The van der Waals surface area contributed by atoms with Gasteiger partial charge < -0.3 is 5.32 Å². The van der Waals surface area contributed by atoms with Gasteiger partial charge in [0.25, 0.3) is 5.91 Å². The highest BCUT2D eigenvalue weighted by Crippen LogP contribution is 2.20. The summed E-state index contributed by atoms with van der Waals surface area (Å²) in [5.41, 5.74) is 4.31. The number of rotatable bonds is 3. The minimum Gasteiger partial charge on any atom is -0.322 e. The number of carbonyl (C=O) groups excluding carboxylic acids is 1. The van der Waals surface area contributed by atoms with Crippen molar-refractivity contribution in [3.8, 4) is 5.69 Å². The lowest BCUT2D eigenvalue weighted by molar-refractivity contribution is 0.102. The molecule has 0 atom stereocenters. The van der Waals surface area contributed by atoms with E-state index in [2.05, 4.69) is 10.3 Å². The molecule has 1 aromatic heterocycles. The molecule has 3 aromatic carbocycles. The quantitative estimate of drug-likeness (QED) is 0.614. The van der Waals surface area contributed by atoms with Crippen LogP contribution >= 0.6 is 0 Å². The number of benzene rings is 3. The molecule has 0 saturated heterocycles. The summed E-state index contributed by atoms with van der Waals surface area (Å²) in [7, 11) is 0. The molecule has 0 aliphatic carbocycles. The number of hydrogen-bond donors (Lipinski definition) is 1. The lowest BCUT2D eigenvalue weighted by atomic mass is 10.2. The summed E-state index contributed by atoms with van der Waals surface area (Å²) in [5, 5.41) is 2.94. The van der Waals surface area contributed by atoms with Gasteiger partial charge in [-0.25, -0.2) is 4.98 Å². The predicted octanol–water partition coefficient (Wildman–Crippen LogP) is 4.28. The topological polar surface area (TPSA) is 46.9 Å². The summed E-state index contributed by atoms with van der Waals surface area (Å²) in [6.07, 6.45) is 1.79.